The Kier molecular flexibility index (Phi) is 61.8. The molecule has 0 aliphatic rings. The molecule has 0 N–H and O–H groups in total. The van der Waals surface area contributed by atoms with Crippen LogP contribution in [0.4, 0.5) is 0 Å². The highest BCUT2D eigenvalue weighted by Gasteiger charge is 2.19. The highest BCUT2D eigenvalue weighted by Crippen LogP contribution is 2.17. The van der Waals surface area contributed by atoms with E-state index in [-0.39, 0.29) is 31.1 Å². The van der Waals surface area contributed by atoms with Crippen molar-refractivity contribution < 1.29 is 28.6 Å². The minimum absolute atomic E-state index is 0.0906. The highest BCUT2D eigenvalue weighted by molar-refractivity contribution is 5.71. The molecule has 0 aliphatic carbocycles. The molecule has 0 saturated heterocycles. The van der Waals surface area contributed by atoms with Gasteiger partial charge in [-0.2, -0.15) is 0 Å². The summed E-state index contributed by atoms with van der Waals surface area (Å²) in [4.78, 5) is 38.3. The molecule has 442 valence electrons. The van der Waals surface area contributed by atoms with Crippen molar-refractivity contribution in [1.29, 1.82) is 0 Å². The van der Waals surface area contributed by atoms with Gasteiger partial charge in [0, 0.05) is 19.3 Å². The number of carbonyl (C=O) groups is 3. The topological polar surface area (TPSA) is 78.9 Å². The van der Waals surface area contributed by atoms with Gasteiger partial charge in [0.2, 0.25) is 0 Å². The molecule has 0 bridgehead atoms. The minimum Gasteiger partial charge on any atom is -0.462 e. The molecule has 0 aliphatic heterocycles. The molecule has 0 rings (SSSR count). The molecule has 0 amide bonds. The van der Waals surface area contributed by atoms with E-state index in [1.807, 2.05) is 0 Å². The Balaban J connectivity index is 4.36. The van der Waals surface area contributed by atoms with Gasteiger partial charge in [-0.15, -0.1) is 0 Å². The number of esters is 3. The van der Waals surface area contributed by atoms with Gasteiger partial charge in [-0.25, -0.2) is 0 Å². The standard InChI is InChI=1S/C71H122O6/c1-4-7-10-13-16-19-22-25-27-29-31-33-35-36-37-39-40-42-44-46-49-52-55-58-61-64-70(73)76-67-68(66-75-69(72)63-60-57-54-51-48-24-21-18-15-12-9-6-3)77-71(74)65-62-59-56-53-50-47-45-43-41-38-34-32-30-28-26-23-20-17-14-11-8-5-2/h7,10,16,18-19,21,25,27,31,33,36-37,40,42,46,49,68H,4-6,8-9,11-15,17,20,22-24,26,28-30,32,34-35,38-39,41,43-45,47-48,50-67H2,1-3H3/b10-7-,19-16-,21-18-,27-25-,33-31-,37-36-,42-40-,49-46-. The molecule has 0 spiro atoms. The summed E-state index contributed by atoms with van der Waals surface area (Å²) in [5.74, 6) is -0.921. The number of rotatable bonds is 59. The Morgan fingerprint density at radius 1 is 0.273 bits per heavy atom. The van der Waals surface area contributed by atoms with E-state index < -0.39 is 6.10 Å². The highest BCUT2D eigenvalue weighted by atomic mass is 16.6. The predicted molar refractivity (Wildman–Crippen MR) is 334 cm³/mol. The van der Waals surface area contributed by atoms with Crippen LogP contribution in [0.15, 0.2) is 97.2 Å². The number of unbranched alkanes of at least 4 members (excludes halogenated alkanes) is 32. The number of allylic oxidation sites excluding steroid dienone is 16. The summed E-state index contributed by atoms with van der Waals surface area (Å²) in [6, 6.07) is 0. The first-order chi connectivity index (χ1) is 38.0. The zero-order chi connectivity index (χ0) is 55.7. The number of ether oxygens (including phenoxy) is 3. The van der Waals surface area contributed by atoms with E-state index in [1.54, 1.807) is 0 Å². The first kappa shape index (κ1) is 73.3. The van der Waals surface area contributed by atoms with Crippen LogP contribution in [0.2, 0.25) is 0 Å². The van der Waals surface area contributed by atoms with Gasteiger partial charge in [0.15, 0.2) is 6.10 Å². The molecule has 77 heavy (non-hydrogen) atoms. The van der Waals surface area contributed by atoms with Gasteiger partial charge in [-0.3, -0.25) is 14.4 Å². The fraction of sp³-hybridized carbons (Fsp3) is 0.732. The van der Waals surface area contributed by atoms with Crippen molar-refractivity contribution >= 4 is 17.9 Å². The average Bonchev–Trinajstić information content (AvgIpc) is 3.43. The Labute approximate surface area is 477 Å². The summed E-state index contributed by atoms with van der Waals surface area (Å²) in [6.45, 7) is 6.50. The van der Waals surface area contributed by atoms with E-state index in [1.165, 1.54) is 161 Å². The summed E-state index contributed by atoms with van der Waals surface area (Å²) in [5, 5.41) is 0. The van der Waals surface area contributed by atoms with Crippen molar-refractivity contribution in [2.24, 2.45) is 0 Å². The van der Waals surface area contributed by atoms with Crippen LogP contribution in [0.3, 0.4) is 0 Å². The largest absolute Gasteiger partial charge is 0.462 e. The SMILES string of the molecule is CC/C=C\C/C=C\C/C=C\C/C=C\C/C=C\C/C=C\C/C=C\CCCCCC(=O)OCC(COC(=O)CCCCCCC/C=C\CCCCC)OC(=O)CCCCCCCCCCCCCCCCCCCCCCCC. The van der Waals surface area contributed by atoms with Crippen LogP contribution < -0.4 is 0 Å². The summed E-state index contributed by atoms with van der Waals surface area (Å²) >= 11 is 0. The van der Waals surface area contributed by atoms with Crippen molar-refractivity contribution in [3.8, 4) is 0 Å². The predicted octanol–water partition coefficient (Wildman–Crippen LogP) is 22.4. The zero-order valence-corrected chi connectivity index (χ0v) is 50.7. The van der Waals surface area contributed by atoms with Gasteiger partial charge in [0.05, 0.1) is 0 Å². The van der Waals surface area contributed by atoms with E-state index in [0.29, 0.717) is 19.3 Å². The second kappa shape index (κ2) is 64.9. The lowest BCUT2D eigenvalue weighted by molar-refractivity contribution is -0.167. The van der Waals surface area contributed by atoms with Crippen molar-refractivity contribution in [3.63, 3.8) is 0 Å². The summed E-state index contributed by atoms with van der Waals surface area (Å²) in [5.41, 5.74) is 0. The first-order valence-corrected chi connectivity index (χ1v) is 32.7. The smallest absolute Gasteiger partial charge is 0.306 e. The Hall–Kier alpha value is -3.67. The summed E-state index contributed by atoms with van der Waals surface area (Å²) < 4.78 is 16.9. The third kappa shape index (κ3) is 63.0. The molecule has 0 aromatic heterocycles. The molecule has 0 fully saturated rings. The quantitative estimate of drug-likeness (QED) is 0.0261. The molecule has 0 heterocycles. The first-order valence-electron chi connectivity index (χ1n) is 32.7. The Bertz CT molecular complexity index is 1510. The van der Waals surface area contributed by atoms with Crippen LogP contribution in [-0.4, -0.2) is 37.2 Å². The molecule has 6 heteroatoms. The van der Waals surface area contributed by atoms with Gasteiger partial charge in [0.25, 0.3) is 0 Å². The third-order valence-corrected chi connectivity index (χ3v) is 14.1. The van der Waals surface area contributed by atoms with Crippen molar-refractivity contribution in [2.75, 3.05) is 13.2 Å². The van der Waals surface area contributed by atoms with Crippen molar-refractivity contribution in [3.05, 3.63) is 97.2 Å². The van der Waals surface area contributed by atoms with Crippen molar-refractivity contribution in [1.82, 2.24) is 0 Å². The summed E-state index contributed by atoms with van der Waals surface area (Å²) in [6.07, 6.45) is 87.1. The molecular formula is C71H122O6. The normalized spacial score (nSPS) is 12.7. The maximum absolute atomic E-state index is 12.9. The monoisotopic (exact) mass is 1070 g/mol. The van der Waals surface area contributed by atoms with Gasteiger partial charge in [-0.05, 0) is 103 Å². The van der Waals surface area contributed by atoms with Gasteiger partial charge < -0.3 is 14.2 Å². The fourth-order valence-corrected chi connectivity index (χ4v) is 9.18. The fourth-order valence-electron chi connectivity index (χ4n) is 9.18. The van der Waals surface area contributed by atoms with E-state index in [2.05, 4.69) is 118 Å². The minimum atomic E-state index is -0.795. The Morgan fingerprint density at radius 2 is 0.506 bits per heavy atom. The molecule has 1 unspecified atom stereocenters. The third-order valence-electron chi connectivity index (χ3n) is 14.1. The molecule has 6 nitrogen and oxygen atoms in total. The second-order valence-corrected chi connectivity index (χ2v) is 21.6. The van der Waals surface area contributed by atoms with Gasteiger partial charge >= 0.3 is 17.9 Å². The van der Waals surface area contributed by atoms with Crippen LogP contribution in [0.1, 0.15) is 316 Å². The lowest BCUT2D eigenvalue weighted by Gasteiger charge is -2.18. The molecule has 0 radical (unpaired) electrons. The zero-order valence-electron chi connectivity index (χ0n) is 50.7. The number of carbonyl (C=O) groups excluding carboxylic acids is 3. The molecular weight excluding hydrogens is 949 g/mol. The average molecular weight is 1070 g/mol. The van der Waals surface area contributed by atoms with E-state index in [9.17, 15) is 14.4 Å². The number of hydrogen-bond acceptors (Lipinski definition) is 6. The molecule has 0 saturated carbocycles. The van der Waals surface area contributed by atoms with Gasteiger partial charge in [0.1, 0.15) is 13.2 Å². The van der Waals surface area contributed by atoms with Gasteiger partial charge in [-0.1, -0.05) is 291 Å². The Morgan fingerprint density at radius 3 is 0.844 bits per heavy atom. The van der Waals surface area contributed by atoms with E-state index >= 15 is 0 Å². The maximum atomic E-state index is 12.9. The lowest BCUT2D eigenvalue weighted by atomic mass is 10.0. The van der Waals surface area contributed by atoms with Crippen LogP contribution >= 0.6 is 0 Å². The lowest BCUT2D eigenvalue weighted by Crippen LogP contribution is -2.30. The van der Waals surface area contributed by atoms with Crippen molar-refractivity contribution in [2.45, 2.75) is 322 Å². The van der Waals surface area contributed by atoms with Crippen LogP contribution in [0, 0.1) is 0 Å². The second-order valence-electron chi connectivity index (χ2n) is 21.6. The van der Waals surface area contributed by atoms with Crippen LogP contribution in [0.25, 0.3) is 0 Å². The van der Waals surface area contributed by atoms with E-state index in [4.69, 9.17) is 14.2 Å². The van der Waals surface area contributed by atoms with E-state index in [0.717, 1.165) is 116 Å². The molecule has 0 aromatic rings. The summed E-state index contributed by atoms with van der Waals surface area (Å²) in [7, 11) is 0. The molecule has 0 aromatic carbocycles. The van der Waals surface area contributed by atoms with Crippen LogP contribution in [0.5, 0.6) is 0 Å². The maximum Gasteiger partial charge on any atom is 0.306 e. The van der Waals surface area contributed by atoms with Crippen LogP contribution in [-0.2, 0) is 28.6 Å². The molecule has 1 atom stereocenters. The number of hydrogen-bond donors (Lipinski definition) is 0.